The van der Waals surface area contributed by atoms with Gasteiger partial charge in [0.25, 0.3) is 0 Å². The molecule has 0 aliphatic heterocycles. The number of nitrogens with zero attached hydrogens (tertiary/aromatic N) is 4. The van der Waals surface area contributed by atoms with Crippen molar-refractivity contribution < 1.29 is 0 Å². The Morgan fingerprint density at radius 1 is 0.447 bits per heavy atom. The van der Waals surface area contributed by atoms with Gasteiger partial charge >= 0.3 is 0 Å². The van der Waals surface area contributed by atoms with E-state index in [-0.39, 0.29) is 0 Å². The number of aryl methyl sites for hydroxylation is 1. The Balaban J connectivity index is 1.23. The summed E-state index contributed by atoms with van der Waals surface area (Å²) in [5.41, 5.74) is 11.6. The van der Waals surface area contributed by atoms with Gasteiger partial charge in [-0.2, -0.15) is 0 Å². The van der Waals surface area contributed by atoms with E-state index in [1.54, 1.807) is 0 Å². The van der Waals surface area contributed by atoms with Crippen LogP contribution in [0.2, 0.25) is 0 Å². The molecule has 6 aromatic carbocycles. The number of aromatic nitrogens is 4. The second-order valence-corrected chi connectivity index (χ2v) is 11.9. The molecule has 0 saturated carbocycles. The van der Waals surface area contributed by atoms with Gasteiger partial charge in [0.2, 0.25) is 0 Å². The second kappa shape index (κ2) is 11.0. The van der Waals surface area contributed by atoms with E-state index in [4.69, 9.17) is 15.0 Å². The monoisotopic (exact) mass is 602 g/mol. The molecular weight excluding hydrogens is 573 g/mol. The summed E-state index contributed by atoms with van der Waals surface area (Å²) >= 11 is 0. The number of hydrogen-bond donors (Lipinski definition) is 0. The average molecular weight is 603 g/mol. The van der Waals surface area contributed by atoms with Crippen molar-refractivity contribution in [3.05, 3.63) is 152 Å². The maximum Gasteiger partial charge on any atom is 0.141 e. The summed E-state index contributed by atoms with van der Waals surface area (Å²) in [6, 6.07) is 53.3. The molecule has 222 valence electrons. The minimum atomic E-state index is 0.854. The first-order valence-corrected chi connectivity index (χ1v) is 16.1. The molecule has 3 aromatic heterocycles. The zero-order valence-electron chi connectivity index (χ0n) is 25.9. The molecule has 0 unspecified atom stereocenters. The Kier molecular flexibility index (Phi) is 6.39. The van der Waals surface area contributed by atoms with Gasteiger partial charge in [-0.3, -0.25) is 0 Å². The van der Waals surface area contributed by atoms with Crippen LogP contribution in [0.15, 0.2) is 152 Å². The molecule has 0 atom stereocenters. The first kappa shape index (κ1) is 27.2. The molecular formula is C43H30N4. The lowest BCUT2D eigenvalue weighted by Gasteiger charge is -2.14. The predicted octanol–water partition coefficient (Wildman–Crippen LogP) is 11.0. The van der Waals surface area contributed by atoms with Gasteiger partial charge < -0.3 is 4.57 Å². The van der Waals surface area contributed by atoms with E-state index in [0.717, 1.165) is 89.8 Å². The summed E-state index contributed by atoms with van der Waals surface area (Å²) in [4.78, 5) is 15.5. The van der Waals surface area contributed by atoms with Crippen molar-refractivity contribution >= 4 is 43.6 Å². The maximum atomic E-state index is 5.38. The van der Waals surface area contributed by atoms with Crippen LogP contribution in [0.5, 0.6) is 0 Å². The SMILES string of the molecule is CCn1c(-c2cccc(-c3ccc4c(c3)nc(-c3ccccc3)c3c5ccc(-c6ccccc6)nc5ccc43)c2)nc2ccccc21. The van der Waals surface area contributed by atoms with E-state index in [2.05, 4.69) is 151 Å². The zero-order valence-corrected chi connectivity index (χ0v) is 25.9. The van der Waals surface area contributed by atoms with Gasteiger partial charge in [0.05, 0.1) is 33.5 Å². The predicted molar refractivity (Wildman–Crippen MR) is 195 cm³/mol. The van der Waals surface area contributed by atoms with E-state index in [9.17, 15) is 0 Å². The van der Waals surface area contributed by atoms with Crippen LogP contribution < -0.4 is 0 Å². The van der Waals surface area contributed by atoms with Gasteiger partial charge in [0.1, 0.15) is 5.82 Å². The Morgan fingerprint density at radius 3 is 1.96 bits per heavy atom. The molecule has 9 aromatic rings. The van der Waals surface area contributed by atoms with Crippen LogP contribution in [0.1, 0.15) is 6.92 Å². The third-order valence-electron chi connectivity index (χ3n) is 9.17. The van der Waals surface area contributed by atoms with Crippen molar-refractivity contribution in [3.8, 4) is 45.0 Å². The average Bonchev–Trinajstić information content (AvgIpc) is 3.53. The molecule has 0 radical (unpaired) electrons. The molecule has 0 bridgehead atoms. The van der Waals surface area contributed by atoms with Crippen molar-refractivity contribution in [1.82, 2.24) is 19.5 Å². The minimum Gasteiger partial charge on any atom is -0.324 e. The summed E-state index contributed by atoms with van der Waals surface area (Å²) in [7, 11) is 0. The maximum absolute atomic E-state index is 5.38. The third kappa shape index (κ3) is 4.57. The van der Waals surface area contributed by atoms with Crippen LogP contribution >= 0.6 is 0 Å². The number of hydrogen-bond acceptors (Lipinski definition) is 3. The number of fused-ring (bicyclic) bond motifs is 6. The van der Waals surface area contributed by atoms with E-state index in [1.807, 2.05) is 12.1 Å². The molecule has 4 heteroatoms. The molecule has 0 saturated heterocycles. The summed E-state index contributed by atoms with van der Waals surface area (Å²) in [5, 5.41) is 4.53. The Labute approximate surface area is 272 Å². The lowest BCUT2D eigenvalue weighted by molar-refractivity contribution is 0.796. The Hall–Kier alpha value is -6.13. The molecule has 0 spiro atoms. The smallest absolute Gasteiger partial charge is 0.141 e. The highest BCUT2D eigenvalue weighted by Gasteiger charge is 2.16. The van der Waals surface area contributed by atoms with E-state index in [1.165, 1.54) is 5.39 Å². The van der Waals surface area contributed by atoms with E-state index < -0.39 is 0 Å². The molecule has 0 fully saturated rings. The number of para-hydroxylation sites is 2. The van der Waals surface area contributed by atoms with Gasteiger partial charge in [0, 0.05) is 39.4 Å². The minimum absolute atomic E-state index is 0.854. The van der Waals surface area contributed by atoms with Gasteiger partial charge in [-0.15, -0.1) is 0 Å². The van der Waals surface area contributed by atoms with Crippen LogP contribution in [0, 0.1) is 0 Å². The Bertz CT molecular complexity index is 2600. The van der Waals surface area contributed by atoms with Crippen LogP contribution in [0.3, 0.4) is 0 Å². The van der Waals surface area contributed by atoms with Gasteiger partial charge in [-0.25, -0.2) is 15.0 Å². The molecule has 0 amide bonds. The first-order valence-electron chi connectivity index (χ1n) is 16.1. The van der Waals surface area contributed by atoms with Gasteiger partial charge in [-0.1, -0.05) is 109 Å². The highest BCUT2D eigenvalue weighted by Crippen LogP contribution is 2.39. The van der Waals surface area contributed by atoms with Crippen LogP contribution in [0.25, 0.3) is 88.6 Å². The molecule has 9 rings (SSSR count). The van der Waals surface area contributed by atoms with Gasteiger partial charge in [-0.05, 0) is 65.9 Å². The van der Waals surface area contributed by atoms with Crippen LogP contribution in [-0.2, 0) is 6.54 Å². The lowest BCUT2D eigenvalue weighted by Crippen LogP contribution is -1.97. The van der Waals surface area contributed by atoms with Crippen LogP contribution in [0.4, 0.5) is 0 Å². The van der Waals surface area contributed by atoms with E-state index >= 15 is 0 Å². The summed E-state index contributed by atoms with van der Waals surface area (Å²) in [6.45, 7) is 3.03. The van der Waals surface area contributed by atoms with Crippen molar-refractivity contribution in [2.45, 2.75) is 13.5 Å². The molecule has 0 aliphatic carbocycles. The molecule has 3 heterocycles. The van der Waals surface area contributed by atoms with Crippen molar-refractivity contribution in [2.75, 3.05) is 0 Å². The highest BCUT2D eigenvalue weighted by atomic mass is 15.1. The second-order valence-electron chi connectivity index (χ2n) is 11.9. The number of pyridine rings is 2. The summed E-state index contributed by atoms with van der Waals surface area (Å²) in [5.74, 6) is 0.989. The standard InChI is InChI=1S/C43H30N4/c1-2-47-40-19-10-9-18-38(40)46-43(47)32-17-11-16-30(26-32)31-20-21-33-34-22-25-37-35(23-24-36(44-37)28-12-5-3-6-13-28)41(34)42(45-39(33)27-31)29-14-7-4-8-15-29/h3-27H,2H2,1H3. The summed E-state index contributed by atoms with van der Waals surface area (Å²) < 4.78 is 2.29. The quantitative estimate of drug-likeness (QED) is 0.184. The molecule has 47 heavy (non-hydrogen) atoms. The highest BCUT2D eigenvalue weighted by molar-refractivity contribution is 6.21. The van der Waals surface area contributed by atoms with Crippen molar-refractivity contribution in [2.24, 2.45) is 0 Å². The van der Waals surface area contributed by atoms with Crippen molar-refractivity contribution in [1.29, 1.82) is 0 Å². The zero-order chi connectivity index (χ0) is 31.3. The largest absolute Gasteiger partial charge is 0.324 e. The van der Waals surface area contributed by atoms with E-state index in [0.29, 0.717) is 0 Å². The number of imidazole rings is 1. The Morgan fingerprint density at radius 2 is 1.13 bits per heavy atom. The van der Waals surface area contributed by atoms with Crippen molar-refractivity contribution in [3.63, 3.8) is 0 Å². The molecule has 0 N–H and O–H groups in total. The molecule has 4 nitrogen and oxygen atoms in total. The molecule has 0 aliphatic rings. The lowest BCUT2D eigenvalue weighted by atomic mass is 9.94. The van der Waals surface area contributed by atoms with Crippen LogP contribution in [-0.4, -0.2) is 19.5 Å². The number of benzene rings is 6. The fraction of sp³-hybridized carbons (Fsp3) is 0.0465. The normalized spacial score (nSPS) is 11.6. The number of rotatable bonds is 5. The first-order chi connectivity index (χ1) is 23.2. The summed E-state index contributed by atoms with van der Waals surface area (Å²) in [6.07, 6.45) is 0. The fourth-order valence-corrected chi connectivity index (χ4v) is 6.92. The third-order valence-corrected chi connectivity index (χ3v) is 9.17. The topological polar surface area (TPSA) is 43.6 Å². The fourth-order valence-electron chi connectivity index (χ4n) is 6.92. The van der Waals surface area contributed by atoms with Gasteiger partial charge in [0.15, 0.2) is 0 Å².